The smallest absolute Gasteiger partial charge is 0.0469 e. The molecule has 0 aromatic carbocycles. The molecule has 0 saturated carbocycles. The third-order valence-corrected chi connectivity index (χ3v) is 3.98. The molecule has 2 heteroatoms. The van der Waals surface area contributed by atoms with Crippen molar-refractivity contribution in [3.63, 3.8) is 0 Å². The van der Waals surface area contributed by atoms with E-state index in [0.29, 0.717) is 12.1 Å². The lowest BCUT2D eigenvalue weighted by Crippen LogP contribution is -2.43. The highest BCUT2D eigenvalue weighted by molar-refractivity contribution is 4.80. The van der Waals surface area contributed by atoms with Crippen LogP contribution in [0.15, 0.2) is 0 Å². The minimum Gasteiger partial charge on any atom is -0.381 e. The molecule has 1 rings (SSSR count). The maximum Gasteiger partial charge on any atom is 0.0469 e. The van der Waals surface area contributed by atoms with Gasteiger partial charge in [-0.1, -0.05) is 27.7 Å². The zero-order chi connectivity index (χ0) is 13.5. The molecule has 0 amide bonds. The van der Waals surface area contributed by atoms with Crippen molar-refractivity contribution in [1.29, 1.82) is 0 Å². The summed E-state index contributed by atoms with van der Waals surface area (Å²) in [6, 6.07) is 1.32. The van der Waals surface area contributed by atoms with Gasteiger partial charge in [-0.05, 0) is 50.4 Å². The van der Waals surface area contributed by atoms with Gasteiger partial charge >= 0.3 is 0 Å². The third kappa shape index (κ3) is 6.19. The molecule has 1 aliphatic rings. The van der Waals surface area contributed by atoms with Gasteiger partial charge in [-0.3, -0.25) is 0 Å². The summed E-state index contributed by atoms with van der Waals surface area (Å²) in [7, 11) is 0. The molecular weight excluding hydrogens is 222 g/mol. The van der Waals surface area contributed by atoms with E-state index in [-0.39, 0.29) is 0 Å². The van der Waals surface area contributed by atoms with Crippen LogP contribution in [-0.4, -0.2) is 25.3 Å². The molecule has 0 aromatic heterocycles. The Morgan fingerprint density at radius 3 is 1.89 bits per heavy atom. The fraction of sp³-hybridized carbons (Fsp3) is 1.00. The summed E-state index contributed by atoms with van der Waals surface area (Å²) in [6.07, 6.45) is 5.05. The normalized spacial score (nSPS) is 20.0. The first-order chi connectivity index (χ1) is 8.49. The van der Waals surface area contributed by atoms with Gasteiger partial charge in [0.15, 0.2) is 0 Å². The van der Waals surface area contributed by atoms with Crippen molar-refractivity contribution in [2.24, 2.45) is 17.8 Å². The lowest BCUT2D eigenvalue weighted by atomic mass is 9.90. The highest BCUT2D eigenvalue weighted by Crippen LogP contribution is 2.21. The van der Waals surface area contributed by atoms with Crippen LogP contribution in [0.1, 0.15) is 60.3 Å². The second kappa shape index (κ2) is 8.16. The quantitative estimate of drug-likeness (QED) is 0.746. The monoisotopic (exact) mass is 255 g/mol. The van der Waals surface area contributed by atoms with Gasteiger partial charge in [0, 0.05) is 25.3 Å². The summed E-state index contributed by atoms with van der Waals surface area (Å²) >= 11 is 0. The van der Waals surface area contributed by atoms with Gasteiger partial charge in [-0.15, -0.1) is 0 Å². The summed E-state index contributed by atoms with van der Waals surface area (Å²) < 4.78 is 5.46. The zero-order valence-corrected chi connectivity index (χ0v) is 13.0. The minimum absolute atomic E-state index is 0.636. The third-order valence-electron chi connectivity index (χ3n) is 3.98. The Morgan fingerprint density at radius 2 is 1.44 bits per heavy atom. The van der Waals surface area contributed by atoms with Crippen molar-refractivity contribution >= 4 is 0 Å². The Hall–Kier alpha value is -0.0800. The van der Waals surface area contributed by atoms with Crippen LogP contribution in [0.2, 0.25) is 0 Å². The molecule has 0 bridgehead atoms. The van der Waals surface area contributed by atoms with E-state index in [1.54, 1.807) is 0 Å². The minimum atomic E-state index is 0.636. The fourth-order valence-electron chi connectivity index (χ4n) is 3.09. The molecule has 0 aromatic rings. The van der Waals surface area contributed by atoms with Gasteiger partial charge in [-0.25, -0.2) is 0 Å². The van der Waals surface area contributed by atoms with Crippen molar-refractivity contribution in [3.05, 3.63) is 0 Å². The predicted molar refractivity (Wildman–Crippen MR) is 78.8 cm³/mol. The van der Waals surface area contributed by atoms with Crippen LogP contribution in [0.4, 0.5) is 0 Å². The SMILES string of the molecule is CC(C)CC(CC(C)C)NC(C)C1CCOCC1. The van der Waals surface area contributed by atoms with E-state index in [0.717, 1.165) is 31.0 Å². The van der Waals surface area contributed by atoms with E-state index >= 15 is 0 Å². The highest BCUT2D eigenvalue weighted by atomic mass is 16.5. The molecule has 0 radical (unpaired) electrons. The van der Waals surface area contributed by atoms with E-state index < -0.39 is 0 Å². The van der Waals surface area contributed by atoms with Crippen molar-refractivity contribution in [3.8, 4) is 0 Å². The first-order valence-electron chi connectivity index (χ1n) is 7.82. The number of ether oxygens (including phenoxy) is 1. The first kappa shape index (κ1) is 16.0. The van der Waals surface area contributed by atoms with Gasteiger partial charge in [0.25, 0.3) is 0 Å². The molecule has 1 saturated heterocycles. The molecule has 1 fully saturated rings. The van der Waals surface area contributed by atoms with Crippen molar-refractivity contribution in [2.75, 3.05) is 13.2 Å². The average Bonchev–Trinajstić information content (AvgIpc) is 2.28. The van der Waals surface area contributed by atoms with Crippen LogP contribution in [0.25, 0.3) is 0 Å². The Labute approximate surface area is 114 Å². The van der Waals surface area contributed by atoms with Gasteiger partial charge < -0.3 is 10.1 Å². The largest absolute Gasteiger partial charge is 0.381 e. The van der Waals surface area contributed by atoms with Crippen LogP contribution in [0, 0.1) is 17.8 Å². The van der Waals surface area contributed by atoms with E-state index in [9.17, 15) is 0 Å². The van der Waals surface area contributed by atoms with Crippen LogP contribution >= 0.6 is 0 Å². The van der Waals surface area contributed by atoms with Crippen LogP contribution in [0.3, 0.4) is 0 Å². The molecule has 1 atom stereocenters. The van der Waals surface area contributed by atoms with Crippen molar-refractivity contribution in [1.82, 2.24) is 5.32 Å². The number of rotatable bonds is 7. The predicted octanol–water partition coefficient (Wildman–Crippen LogP) is 3.85. The molecule has 1 heterocycles. The zero-order valence-electron chi connectivity index (χ0n) is 13.0. The standard InChI is InChI=1S/C16H33NO/c1-12(2)10-16(11-13(3)4)17-14(5)15-6-8-18-9-7-15/h12-17H,6-11H2,1-5H3. The maximum absolute atomic E-state index is 5.46. The maximum atomic E-state index is 5.46. The van der Waals surface area contributed by atoms with Gasteiger partial charge in [0.2, 0.25) is 0 Å². The topological polar surface area (TPSA) is 21.3 Å². The van der Waals surface area contributed by atoms with Gasteiger partial charge in [0.05, 0.1) is 0 Å². The Kier molecular flexibility index (Phi) is 7.25. The molecule has 18 heavy (non-hydrogen) atoms. The molecule has 1 unspecified atom stereocenters. The molecule has 108 valence electrons. The molecule has 0 aliphatic carbocycles. The van der Waals surface area contributed by atoms with Crippen LogP contribution in [-0.2, 0) is 4.74 Å². The lowest BCUT2D eigenvalue weighted by Gasteiger charge is -2.33. The Morgan fingerprint density at radius 1 is 0.944 bits per heavy atom. The van der Waals surface area contributed by atoms with E-state index in [1.165, 1.54) is 25.7 Å². The summed E-state index contributed by atoms with van der Waals surface area (Å²) in [5.74, 6) is 2.37. The number of hydrogen-bond acceptors (Lipinski definition) is 2. The molecular formula is C16H33NO. The Bertz CT molecular complexity index is 199. The van der Waals surface area contributed by atoms with Crippen LogP contribution < -0.4 is 5.32 Å². The molecule has 0 spiro atoms. The molecule has 2 nitrogen and oxygen atoms in total. The lowest BCUT2D eigenvalue weighted by molar-refractivity contribution is 0.0535. The Balaban J connectivity index is 2.41. The average molecular weight is 255 g/mol. The van der Waals surface area contributed by atoms with Crippen molar-refractivity contribution in [2.45, 2.75) is 72.4 Å². The summed E-state index contributed by atoms with van der Waals surface area (Å²) in [5.41, 5.74) is 0. The van der Waals surface area contributed by atoms with E-state index in [4.69, 9.17) is 4.74 Å². The second-order valence-corrected chi connectivity index (χ2v) is 6.86. The number of nitrogens with one attached hydrogen (secondary N) is 1. The van der Waals surface area contributed by atoms with Gasteiger partial charge in [-0.2, -0.15) is 0 Å². The summed E-state index contributed by atoms with van der Waals surface area (Å²) in [6.45, 7) is 13.6. The first-order valence-corrected chi connectivity index (χ1v) is 7.82. The van der Waals surface area contributed by atoms with Crippen LogP contribution in [0.5, 0.6) is 0 Å². The molecule has 1 aliphatic heterocycles. The highest BCUT2D eigenvalue weighted by Gasteiger charge is 2.23. The number of hydrogen-bond donors (Lipinski definition) is 1. The summed E-state index contributed by atoms with van der Waals surface area (Å²) in [5, 5.41) is 3.89. The second-order valence-electron chi connectivity index (χ2n) is 6.86. The van der Waals surface area contributed by atoms with Gasteiger partial charge in [0.1, 0.15) is 0 Å². The summed E-state index contributed by atoms with van der Waals surface area (Å²) in [4.78, 5) is 0. The van der Waals surface area contributed by atoms with E-state index in [1.807, 2.05) is 0 Å². The van der Waals surface area contributed by atoms with E-state index in [2.05, 4.69) is 39.9 Å². The van der Waals surface area contributed by atoms with Crippen molar-refractivity contribution < 1.29 is 4.74 Å². The fourth-order valence-corrected chi connectivity index (χ4v) is 3.09. The molecule has 1 N–H and O–H groups in total.